The van der Waals surface area contributed by atoms with E-state index in [2.05, 4.69) is 37.8 Å². The minimum Gasteiger partial charge on any atom is -0.356 e. The SMILES string of the molecule is CN=C(NCCSC)NCc1cc(Br)ccc1F. The fraction of sp³-hybridized carbons (Fsp3) is 0.417. The molecule has 0 atom stereocenters. The quantitative estimate of drug-likeness (QED) is 0.494. The van der Waals surface area contributed by atoms with Crippen LogP contribution in [0.2, 0.25) is 0 Å². The summed E-state index contributed by atoms with van der Waals surface area (Å²) in [6.45, 7) is 1.24. The Morgan fingerprint density at radius 2 is 2.22 bits per heavy atom. The van der Waals surface area contributed by atoms with E-state index in [0.29, 0.717) is 18.1 Å². The van der Waals surface area contributed by atoms with E-state index in [0.717, 1.165) is 16.8 Å². The summed E-state index contributed by atoms with van der Waals surface area (Å²) in [5.74, 6) is 1.47. The summed E-state index contributed by atoms with van der Waals surface area (Å²) in [4.78, 5) is 4.08. The van der Waals surface area contributed by atoms with Gasteiger partial charge in [-0.15, -0.1) is 0 Å². The molecule has 0 aliphatic carbocycles. The lowest BCUT2D eigenvalue weighted by Crippen LogP contribution is -2.38. The monoisotopic (exact) mass is 333 g/mol. The maximum absolute atomic E-state index is 13.5. The Balaban J connectivity index is 2.49. The van der Waals surface area contributed by atoms with E-state index in [4.69, 9.17) is 0 Å². The molecule has 0 saturated heterocycles. The van der Waals surface area contributed by atoms with E-state index in [1.807, 2.05) is 0 Å². The van der Waals surface area contributed by atoms with Crippen LogP contribution < -0.4 is 10.6 Å². The molecule has 1 aromatic rings. The summed E-state index contributed by atoms with van der Waals surface area (Å²) in [7, 11) is 1.70. The van der Waals surface area contributed by atoms with Gasteiger partial charge in [0.2, 0.25) is 0 Å². The first-order valence-electron chi connectivity index (χ1n) is 5.54. The first kappa shape index (κ1) is 15.3. The van der Waals surface area contributed by atoms with Crippen LogP contribution in [0.1, 0.15) is 5.56 Å². The molecule has 0 aliphatic heterocycles. The standard InChI is InChI=1S/C12H17BrFN3S/c1-15-12(16-5-6-18-2)17-8-9-7-10(13)3-4-11(9)14/h3-4,7H,5-6,8H2,1-2H3,(H2,15,16,17). The highest BCUT2D eigenvalue weighted by atomic mass is 79.9. The maximum atomic E-state index is 13.5. The smallest absolute Gasteiger partial charge is 0.191 e. The number of rotatable bonds is 5. The van der Waals surface area contributed by atoms with Crippen LogP contribution in [0.4, 0.5) is 4.39 Å². The molecule has 0 aromatic heterocycles. The van der Waals surface area contributed by atoms with E-state index in [1.54, 1.807) is 30.9 Å². The Labute approximate surface area is 120 Å². The molecular weight excluding hydrogens is 317 g/mol. The molecule has 0 unspecified atom stereocenters. The molecule has 0 bridgehead atoms. The van der Waals surface area contributed by atoms with E-state index in [9.17, 15) is 4.39 Å². The predicted octanol–water partition coefficient (Wildman–Crippen LogP) is 2.62. The topological polar surface area (TPSA) is 36.4 Å². The van der Waals surface area contributed by atoms with Gasteiger partial charge in [-0.05, 0) is 24.5 Å². The van der Waals surface area contributed by atoms with E-state index in [-0.39, 0.29) is 5.82 Å². The Hall–Kier alpha value is -0.750. The Kier molecular flexibility index (Phi) is 7.12. The van der Waals surface area contributed by atoms with Crippen molar-refractivity contribution in [2.24, 2.45) is 4.99 Å². The molecule has 3 nitrogen and oxygen atoms in total. The molecule has 1 aromatic carbocycles. The zero-order chi connectivity index (χ0) is 13.4. The van der Waals surface area contributed by atoms with Crippen molar-refractivity contribution in [1.82, 2.24) is 10.6 Å². The number of nitrogens with zero attached hydrogens (tertiary/aromatic N) is 1. The van der Waals surface area contributed by atoms with Gasteiger partial charge in [0.15, 0.2) is 5.96 Å². The van der Waals surface area contributed by atoms with Crippen LogP contribution in [-0.4, -0.2) is 31.6 Å². The number of hydrogen-bond donors (Lipinski definition) is 2. The largest absolute Gasteiger partial charge is 0.356 e. The molecule has 2 N–H and O–H groups in total. The van der Waals surface area contributed by atoms with Crippen LogP contribution in [0.15, 0.2) is 27.7 Å². The number of thioether (sulfide) groups is 1. The number of benzene rings is 1. The summed E-state index contributed by atoms with van der Waals surface area (Å²) in [5, 5.41) is 6.24. The molecule has 1 rings (SSSR count). The lowest BCUT2D eigenvalue weighted by molar-refractivity contribution is 0.604. The molecule has 0 heterocycles. The first-order chi connectivity index (χ1) is 8.67. The van der Waals surface area contributed by atoms with Gasteiger partial charge in [0, 0.05) is 35.9 Å². The molecule has 100 valence electrons. The second-order valence-electron chi connectivity index (χ2n) is 3.58. The van der Waals surface area contributed by atoms with E-state index >= 15 is 0 Å². The molecular formula is C12H17BrFN3S. The van der Waals surface area contributed by atoms with Crippen molar-refractivity contribution in [3.8, 4) is 0 Å². The minimum absolute atomic E-state index is 0.217. The maximum Gasteiger partial charge on any atom is 0.191 e. The lowest BCUT2D eigenvalue weighted by atomic mass is 10.2. The third-order valence-corrected chi connectivity index (χ3v) is 3.38. The molecule has 0 aliphatic rings. The van der Waals surface area contributed by atoms with Crippen molar-refractivity contribution < 1.29 is 4.39 Å². The van der Waals surface area contributed by atoms with Gasteiger partial charge in [0.1, 0.15) is 5.82 Å². The zero-order valence-corrected chi connectivity index (χ0v) is 12.9. The number of halogens is 2. The first-order valence-corrected chi connectivity index (χ1v) is 7.73. The summed E-state index contributed by atoms with van der Waals surface area (Å²) in [6, 6.07) is 4.90. The highest BCUT2D eigenvalue weighted by Crippen LogP contribution is 2.15. The van der Waals surface area contributed by atoms with Gasteiger partial charge in [-0.25, -0.2) is 4.39 Å². The lowest BCUT2D eigenvalue weighted by Gasteiger charge is -2.12. The predicted molar refractivity (Wildman–Crippen MR) is 80.7 cm³/mol. The molecule has 0 spiro atoms. The van der Waals surface area contributed by atoms with E-state index < -0.39 is 0 Å². The van der Waals surface area contributed by atoms with Gasteiger partial charge in [-0.3, -0.25) is 4.99 Å². The zero-order valence-electron chi connectivity index (χ0n) is 10.5. The van der Waals surface area contributed by atoms with Crippen molar-refractivity contribution in [3.63, 3.8) is 0 Å². The molecule has 0 radical (unpaired) electrons. The van der Waals surface area contributed by atoms with Gasteiger partial charge in [0.05, 0.1) is 0 Å². The molecule has 0 fully saturated rings. The molecule has 6 heteroatoms. The summed E-state index contributed by atoms with van der Waals surface area (Å²) >= 11 is 5.09. The summed E-state index contributed by atoms with van der Waals surface area (Å²) < 4.78 is 14.4. The fourth-order valence-corrected chi connectivity index (χ4v) is 2.06. The second-order valence-corrected chi connectivity index (χ2v) is 5.48. The van der Waals surface area contributed by atoms with Crippen molar-refractivity contribution in [1.29, 1.82) is 0 Å². The van der Waals surface area contributed by atoms with Gasteiger partial charge < -0.3 is 10.6 Å². The van der Waals surface area contributed by atoms with Crippen LogP contribution in [0, 0.1) is 5.82 Å². The Bertz CT molecular complexity index is 412. The average molecular weight is 334 g/mol. The van der Waals surface area contributed by atoms with E-state index in [1.165, 1.54) is 6.07 Å². The fourth-order valence-electron chi connectivity index (χ4n) is 1.35. The third kappa shape index (κ3) is 5.27. The molecule has 0 saturated carbocycles. The Morgan fingerprint density at radius 3 is 2.89 bits per heavy atom. The highest BCUT2D eigenvalue weighted by Gasteiger charge is 2.04. The highest BCUT2D eigenvalue weighted by molar-refractivity contribution is 9.10. The van der Waals surface area contributed by atoms with Gasteiger partial charge in [-0.2, -0.15) is 11.8 Å². The average Bonchev–Trinajstić information content (AvgIpc) is 2.37. The second kappa shape index (κ2) is 8.37. The van der Waals surface area contributed by atoms with Crippen LogP contribution in [-0.2, 0) is 6.54 Å². The minimum atomic E-state index is -0.217. The van der Waals surface area contributed by atoms with Crippen LogP contribution >= 0.6 is 27.7 Å². The molecule has 0 amide bonds. The van der Waals surface area contributed by atoms with Crippen LogP contribution in [0.5, 0.6) is 0 Å². The van der Waals surface area contributed by atoms with Gasteiger partial charge in [-0.1, -0.05) is 15.9 Å². The third-order valence-electron chi connectivity index (χ3n) is 2.28. The Morgan fingerprint density at radius 1 is 1.44 bits per heavy atom. The molecule has 18 heavy (non-hydrogen) atoms. The van der Waals surface area contributed by atoms with Crippen molar-refractivity contribution in [2.75, 3.05) is 25.6 Å². The van der Waals surface area contributed by atoms with Gasteiger partial charge >= 0.3 is 0 Å². The van der Waals surface area contributed by atoms with Crippen molar-refractivity contribution in [3.05, 3.63) is 34.1 Å². The summed E-state index contributed by atoms with van der Waals surface area (Å²) in [5.41, 5.74) is 0.609. The van der Waals surface area contributed by atoms with Gasteiger partial charge in [0.25, 0.3) is 0 Å². The number of nitrogens with one attached hydrogen (secondary N) is 2. The normalized spacial score (nSPS) is 11.4. The van der Waals surface area contributed by atoms with Crippen molar-refractivity contribution >= 4 is 33.7 Å². The van der Waals surface area contributed by atoms with Crippen molar-refractivity contribution in [2.45, 2.75) is 6.54 Å². The number of aliphatic imine (C=N–C) groups is 1. The number of guanidine groups is 1. The summed E-state index contributed by atoms with van der Waals surface area (Å²) in [6.07, 6.45) is 2.05. The number of hydrogen-bond acceptors (Lipinski definition) is 2. The van der Waals surface area contributed by atoms with Crippen LogP contribution in [0.25, 0.3) is 0 Å². The van der Waals surface area contributed by atoms with Crippen LogP contribution in [0.3, 0.4) is 0 Å².